The lowest BCUT2D eigenvalue weighted by molar-refractivity contribution is -0.384. The number of rotatable bonds is 9. The fraction of sp³-hybridized carbons (Fsp3) is 0.538. The van der Waals surface area contributed by atoms with Crippen molar-refractivity contribution in [1.29, 1.82) is 0 Å². The van der Waals surface area contributed by atoms with E-state index in [0.29, 0.717) is 0 Å². The van der Waals surface area contributed by atoms with E-state index in [1.165, 1.54) is 12.1 Å². The Morgan fingerprint density at radius 1 is 1.32 bits per heavy atom. The molecule has 0 heterocycles. The van der Waals surface area contributed by atoms with E-state index in [1.807, 2.05) is 7.05 Å². The van der Waals surface area contributed by atoms with Crippen molar-refractivity contribution >= 4 is 5.69 Å². The summed E-state index contributed by atoms with van der Waals surface area (Å²) in [4.78, 5) is 12.3. The Balaban J connectivity index is 2.20. The molecular formula is C13H21N3O3. The van der Waals surface area contributed by atoms with Gasteiger partial charge in [-0.2, -0.15) is 0 Å². The number of ether oxygens (including phenoxy) is 1. The van der Waals surface area contributed by atoms with Gasteiger partial charge in [-0.1, -0.05) is 12.1 Å². The summed E-state index contributed by atoms with van der Waals surface area (Å²) in [5.41, 5.74) is 1.17. The maximum absolute atomic E-state index is 10.5. The molecule has 6 heteroatoms. The van der Waals surface area contributed by atoms with Gasteiger partial charge in [-0.15, -0.1) is 0 Å². The molecule has 0 saturated carbocycles. The number of non-ortho nitro benzene ring substituents is 1. The van der Waals surface area contributed by atoms with Gasteiger partial charge in [0.25, 0.3) is 5.69 Å². The minimum Gasteiger partial charge on any atom is -0.383 e. The van der Waals surface area contributed by atoms with E-state index >= 15 is 0 Å². The molecule has 1 rings (SSSR count). The molecule has 0 aromatic heterocycles. The van der Waals surface area contributed by atoms with Crippen molar-refractivity contribution in [3.8, 4) is 0 Å². The molecule has 0 aliphatic rings. The van der Waals surface area contributed by atoms with Gasteiger partial charge >= 0.3 is 0 Å². The van der Waals surface area contributed by atoms with Gasteiger partial charge in [0, 0.05) is 45.4 Å². The van der Waals surface area contributed by atoms with Gasteiger partial charge in [-0.05, 0) is 12.6 Å². The van der Waals surface area contributed by atoms with E-state index in [1.54, 1.807) is 19.2 Å². The predicted octanol–water partition coefficient (Wildman–Crippen LogP) is 1.26. The number of methoxy groups -OCH3 is 1. The third-order valence-electron chi connectivity index (χ3n) is 2.82. The SMILES string of the molecule is COCCN(C)CCNCc1ccc([N+](=O)[O-])cc1. The average molecular weight is 267 g/mol. The van der Waals surface area contributed by atoms with Gasteiger partial charge in [0.1, 0.15) is 0 Å². The van der Waals surface area contributed by atoms with Crippen molar-refractivity contribution in [3.63, 3.8) is 0 Å². The van der Waals surface area contributed by atoms with Crippen LogP contribution in [0, 0.1) is 10.1 Å². The Labute approximate surface area is 113 Å². The molecule has 0 amide bonds. The molecule has 0 unspecified atom stereocenters. The van der Waals surface area contributed by atoms with Crippen molar-refractivity contribution in [1.82, 2.24) is 10.2 Å². The zero-order valence-corrected chi connectivity index (χ0v) is 11.5. The number of nitro groups is 1. The van der Waals surface area contributed by atoms with E-state index in [2.05, 4.69) is 10.2 Å². The van der Waals surface area contributed by atoms with Crippen molar-refractivity contribution in [2.24, 2.45) is 0 Å². The largest absolute Gasteiger partial charge is 0.383 e. The zero-order valence-electron chi connectivity index (χ0n) is 11.5. The van der Waals surface area contributed by atoms with Crippen molar-refractivity contribution in [2.75, 3.05) is 40.4 Å². The van der Waals surface area contributed by atoms with Crippen LogP contribution >= 0.6 is 0 Å². The first kappa shape index (κ1) is 15.6. The average Bonchev–Trinajstić information content (AvgIpc) is 2.41. The van der Waals surface area contributed by atoms with Crippen LogP contribution in [0.1, 0.15) is 5.56 Å². The van der Waals surface area contributed by atoms with E-state index in [9.17, 15) is 10.1 Å². The third-order valence-corrected chi connectivity index (χ3v) is 2.82. The normalized spacial score (nSPS) is 10.9. The molecule has 0 aliphatic heterocycles. The topological polar surface area (TPSA) is 67.6 Å². The quantitative estimate of drug-likeness (QED) is 0.414. The lowest BCUT2D eigenvalue weighted by Crippen LogP contribution is -2.31. The summed E-state index contributed by atoms with van der Waals surface area (Å²) < 4.78 is 5.00. The van der Waals surface area contributed by atoms with Crippen LogP contribution < -0.4 is 5.32 Å². The van der Waals surface area contributed by atoms with Crippen LogP contribution in [0.3, 0.4) is 0 Å². The molecule has 0 atom stereocenters. The number of nitro benzene ring substituents is 1. The van der Waals surface area contributed by atoms with Gasteiger partial charge in [0.2, 0.25) is 0 Å². The number of hydrogen-bond acceptors (Lipinski definition) is 5. The molecule has 1 N–H and O–H groups in total. The van der Waals surface area contributed by atoms with Gasteiger partial charge in [-0.3, -0.25) is 10.1 Å². The standard InChI is InChI=1S/C13H21N3O3/c1-15(9-10-19-2)8-7-14-11-12-3-5-13(6-4-12)16(17)18/h3-6,14H,7-11H2,1-2H3. The number of benzene rings is 1. The number of hydrogen-bond donors (Lipinski definition) is 1. The van der Waals surface area contributed by atoms with Crippen LogP contribution in [0.15, 0.2) is 24.3 Å². The van der Waals surface area contributed by atoms with E-state index in [-0.39, 0.29) is 10.6 Å². The van der Waals surface area contributed by atoms with Crippen LogP contribution in [0.4, 0.5) is 5.69 Å². The first-order valence-corrected chi connectivity index (χ1v) is 6.25. The van der Waals surface area contributed by atoms with Gasteiger partial charge in [-0.25, -0.2) is 0 Å². The third kappa shape index (κ3) is 6.28. The Hall–Kier alpha value is -1.50. The van der Waals surface area contributed by atoms with Gasteiger partial charge < -0.3 is 15.0 Å². The molecule has 106 valence electrons. The van der Waals surface area contributed by atoms with Crippen molar-refractivity contribution < 1.29 is 9.66 Å². The highest BCUT2D eigenvalue weighted by Crippen LogP contribution is 2.11. The first-order valence-electron chi connectivity index (χ1n) is 6.25. The zero-order chi connectivity index (χ0) is 14.1. The summed E-state index contributed by atoms with van der Waals surface area (Å²) in [5, 5.41) is 13.8. The molecule has 0 aliphatic carbocycles. The van der Waals surface area contributed by atoms with Crippen LogP contribution in [0.5, 0.6) is 0 Å². The fourth-order valence-corrected chi connectivity index (χ4v) is 1.60. The number of likely N-dealkylation sites (N-methyl/N-ethyl adjacent to an activating group) is 1. The van der Waals surface area contributed by atoms with E-state index < -0.39 is 0 Å². The first-order chi connectivity index (χ1) is 9.13. The van der Waals surface area contributed by atoms with Crippen LogP contribution in [0.25, 0.3) is 0 Å². The molecule has 0 saturated heterocycles. The number of nitrogens with one attached hydrogen (secondary N) is 1. The Morgan fingerprint density at radius 3 is 2.58 bits per heavy atom. The molecule has 1 aromatic rings. The molecule has 0 fully saturated rings. The maximum atomic E-state index is 10.5. The van der Waals surface area contributed by atoms with Gasteiger partial charge in [0.05, 0.1) is 11.5 Å². The monoisotopic (exact) mass is 267 g/mol. The van der Waals surface area contributed by atoms with Crippen molar-refractivity contribution in [3.05, 3.63) is 39.9 Å². The highest BCUT2D eigenvalue weighted by molar-refractivity contribution is 5.32. The maximum Gasteiger partial charge on any atom is 0.269 e. The second kappa shape index (κ2) is 8.58. The highest BCUT2D eigenvalue weighted by atomic mass is 16.6. The molecule has 0 radical (unpaired) electrons. The smallest absolute Gasteiger partial charge is 0.269 e. The van der Waals surface area contributed by atoms with E-state index in [0.717, 1.165) is 38.3 Å². The van der Waals surface area contributed by atoms with E-state index in [4.69, 9.17) is 4.74 Å². The fourth-order valence-electron chi connectivity index (χ4n) is 1.60. The summed E-state index contributed by atoms with van der Waals surface area (Å²) in [6.45, 7) is 4.18. The summed E-state index contributed by atoms with van der Waals surface area (Å²) in [7, 11) is 3.74. The lowest BCUT2D eigenvalue weighted by atomic mass is 10.2. The Bertz CT molecular complexity index is 381. The second-order valence-electron chi connectivity index (χ2n) is 4.40. The summed E-state index contributed by atoms with van der Waals surface area (Å²) in [6, 6.07) is 6.61. The molecular weight excluding hydrogens is 246 g/mol. The minimum atomic E-state index is -0.387. The van der Waals surface area contributed by atoms with Crippen molar-refractivity contribution in [2.45, 2.75) is 6.54 Å². The molecule has 6 nitrogen and oxygen atoms in total. The number of nitrogens with zero attached hydrogens (tertiary/aromatic N) is 2. The summed E-state index contributed by atoms with van der Waals surface area (Å²) in [5.74, 6) is 0. The Morgan fingerprint density at radius 2 is 2.00 bits per heavy atom. The molecule has 19 heavy (non-hydrogen) atoms. The highest BCUT2D eigenvalue weighted by Gasteiger charge is 2.03. The predicted molar refractivity (Wildman–Crippen MR) is 74.2 cm³/mol. The summed E-state index contributed by atoms with van der Waals surface area (Å²) >= 11 is 0. The second-order valence-corrected chi connectivity index (χ2v) is 4.40. The van der Waals surface area contributed by atoms with Crippen LogP contribution in [-0.2, 0) is 11.3 Å². The molecule has 0 bridgehead atoms. The minimum absolute atomic E-state index is 0.128. The van der Waals surface area contributed by atoms with Crippen LogP contribution in [0.2, 0.25) is 0 Å². The Kier molecular flexibility index (Phi) is 7.02. The molecule has 1 aromatic carbocycles. The lowest BCUT2D eigenvalue weighted by Gasteiger charge is -2.16. The summed E-state index contributed by atoms with van der Waals surface area (Å²) in [6.07, 6.45) is 0. The molecule has 0 spiro atoms. The van der Waals surface area contributed by atoms with Gasteiger partial charge in [0.15, 0.2) is 0 Å². The van der Waals surface area contributed by atoms with Crippen LogP contribution in [-0.4, -0.2) is 50.2 Å².